The Bertz CT molecular complexity index is 839. The van der Waals surface area contributed by atoms with Crippen molar-refractivity contribution in [1.82, 2.24) is 15.5 Å². The summed E-state index contributed by atoms with van der Waals surface area (Å²) in [6, 6.07) is 12.2. The number of rotatable bonds is 6. The van der Waals surface area contributed by atoms with E-state index in [1.807, 2.05) is 35.0 Å². The first kappa shape index (κ1) is 16.0. The van der Waals surface area contributed by atoms with Crippen LogP contribution in [-0.2, 0) is 16.8 Å². The Morgan fingerprint density at radius 2 is 2.08 bits per heavy atom. The van der Waals surface area contributed by atoms with E-state index in [4.69, 9.17) is 4.52 Å². The van der Waals surface area contributed by atoms with Crippen molar-refractivity contribution < 1.29 is 9.32 Å². The zero-order chi connectivity index (χ0) is 17.1. The lowest BCUT2D eigenvalue weighted by Gasteiger charge is -2.43. The highest BCUT2D eigenvalue weighted by Crippen LogP contribution is 2.41. The number of aryl methyl sites for hydroxylation is 1. The molecule has 0 radical (unpaired) electrons. The molecule has 1 amide bonds. The molecule has 1 saturated carbocycles. The van der Waals surface area contributed by atoms with Crippen molar-refractivity contribution in [3.8, 4) is 11.4 Å². The Balaban J connectivity index is 1.36. The highest BCUT2D eigenvalue weighted by Gasteiger charge is 2.39. The van der Waals surface area contributed by atoms with Crippen molar-refractivity contribution >= 4 is 17.2 Å². The Morgan fingerprint density at radius 1 is 1.24 bits per heavy atom. The number of amides is 1. The zero-order valence-electron chi connectivity index (χ0n) is 13.8. The molecule has 0 atom stereocenters. The maximum Gasteiger partial charge on any atom is 0.227 e. The van der Waals surface area contributed by atoms with Crippen LogP contribution < -0.4 is 5.32 Å². The van der Waals surface area contributed by atoms with Gasteiger partial charge in [-0.3, -0.25) is 4.79 Å². The van der Waals surface area contributed by atoms with Crippen LogP contribution in [-0.4, -0.2) is 16.0 Å². The van der Waals surface area contributed by atoms with Crippen molar-refractivity contribution in [2.45, 2.75) is 37.6 Å². The third kappa shape index (κ3) is 3.35. The molecule has 1 aliphatic rings. The molecule has 128 valence electrons. The summed E-state index contributed by atoms with van der Waals surface area (Å²) in [5.74, 6) is 1.11. The maximum absolute atomic E-state index is 12.4. The minimum Gasteiger partial charge on any atom is -0.347 e. The molecule has 6 heteroatoms. The first-order valence-electron chi connectivity index (χ1n) is 8.47. The monoisotopic (exact) mass is 353 g/mol. The molecule has 1 aromatic carbocycles. The number of thiophene rings is 1. The highest BCUT2D eigenvalue weighted by atomic mass is 32.1. The van der Waals surface area contributed by atoms with Crippen LogP contribution in [0.4, 0.5) is 0 Å². The Labute approximate surface area is 150 Å². The minimum absolute atomic E-state index is 0.0267. The van der Waals surface area contributed by atoms with Crippen molar-refractivity contribution in [2.75, 3.05) is 0 Å². The van der Waals surface area contributed by atoms with Gasteiger partial charge in [0, 0.05) is 23.8 Å². The summed E-state index contributed by atoms with van der Waals surface area (Å²) in [4.78, 5) is 16.8. The fraction of sp³-hybridized carbons (Fsp3) is 0.316. The molecule has 1 fully saturated rings. The summed E-state index contributed by atoms with van der Waals surface area (Å²) >= 11 is 1.59. The quantitative estimate of drug-likeness (QED) is 0.729. The molecule has 2 aromatic heterocycles. The number of aromatic nitrogens is 2. The lowest BCUT2D eigenvalue weighted by molar-refractivity contribution is -0.124. The molecule has 3 aromatic rings. The number of carbonyl (C=O) groups is 1. The summed E-state index contributed by atoms with van der Waals surface area (Å²) < 4.78 is 5.26. The molecule has 1 aliphatic carbocycles. The van der Waals surface area contributed by atoms with E-state index in [2.05, 4.69) is 27.6 Å². The highest BCUT2D eigenvalue weighted by molar-refractivity contribution is 7.08. The molecule has 5 nitrogen and oxygen atoms in total. The number of benzene rings is 1. The number of nitrogens with one attached hydrogen (secondary N) is 1. The molecule has 1 N–H and O–H groups in total. The Hall–Kier alpha value is -2.47. The number of hydrogen-bond acceptors (Lipinski definition) is 5. The third-order valence-corrected chi connectivity index (χ3v) is 5.41. The van der Waals surface area contributed by atoms with E-state index < -0.39 is 0 Å². The fourth-order valence-electron chi connectivity index (χ4n) is 3.19. The van der Waals surface area contributed by atoms with E-state index in [9.17, 15) is 4.79 Å². The van der Waals surface area contributed by atoms with Crippen LogP contribution in [0.25, 0.3) is 11.4 Å². The second-order valence-corrected chi connectivity index (χ2v) is 7.15. The smallest absolute Gasteiger partial charge is 0.227 e. The van der Waals surface area contributed by atoms with Crippen LogP contribution in [0.15, 0.2) is 51.7 Å². The predicted octanol–water partition coefficient (Wildman–Crippen LogP) is 3.93. The second kappa shape index (κ2) is 6.80. The van der Waals surface area contributed by atoms with Crippen LogP contribution in [0.3, 0.4) is 0 Å². The van der Waals surface area contributed by atoms with Crippen molar-refractivity contribution in [3.05, 3.63) is 58.6 Å². The van der Waals surface area contributed by atoms with E-state index in [0.717, 1.165) is 24.8 Å². The van der Waals surface area contributed by atoms with Gasteiger partial charge in [-0.1, -0.05) is 35.5 Å². The van der Waals surface area contributed by atoms with Crippen LogP contribution in [0.1, 0.15) is 37.1 Å². The van der Waals surface area contributed by atoms with Crippen LogP contribution in [0.2, 0.25) is 0 Å². The number of nitrogens with zero attached hydrogens (tertiary/aromatic N) is 2. The van der Waals surface area contributed by atoms with E-state index in [-0.39, 0.29) is 11.4 Å². The van der Waals surface area contributed by atoms with Gasteiger partial charge in [0.15, 0.2) is 0 Å². The van der Waals surface area contributed by atoms with Gasteiger partial charge in [0.05, 0.1) is 5.54 Å². The summed E-state index contributed by atoms with van der Waals surface area (Å²) in [6.07, 6.45) is 3.92. The summed E-state index contributed by atoms with van der Waals surface area (Å²) in [5.41, 5.74) is 1.93. The van der Waals surface area contributed by atoms with Gasteiger partial charge in [-0.25, -0.2) is 0 Å². The van der Waals surface area contributed by atoms with Gasteiger partial charge in [-0.05, 0) is 36.3 Å². The normalized spacial score (nSPS) is 15.5. The standard InChI is InChI=1S/C19H19N3O2S/c23-16(21-19(10-4-11-19)15-5-2-1-3-6-15)7-8-17-20-18(22-24-17)14-9-12-25-13-14/h1-3,5-6,9,12-13H,4,7-8,10-11H2,(H,21,23). The summed E-state index contributed by atoms with van der Waals surface area (Å²) in [5, 5.41) is 11.1. The average Bonchev–Trinajstić information content (AvgIpc) is 3.28. The molecule has 0 unspecified atom stereocenters. The second-order valence-electron chi connectivity index (χ2n) is 6.37. The van der Waals surface area contributed by atoms with E-state index in [1.165, 1.54) is 5.56 Å². The molecule has 0 bridgehead atoms. The molecule has 0 aliphatic heterocycles. The lowest BCUT2D eigenvalue weighted by atomic mass is 9.71. The molecule has 0 spiro atoms. The zero-order valence-corrected chi connectivity index (χ0v) is 14.6. The average molecular weight is 353 g/mol. The maximum atomic E-state index is 12.4. The molecular weight excluding hydrogens is 334 g/mol. The topological polar surface area (TPSA) is 68.0 Å². The predicted molar refractivity (Wildman–Crippen MR) is 96.0 cm³/mol. The molecule has 4 rings (SSSR count). The molecule has 2 heterocycles. The van der Waals surface area contributed by atoms with Crippen LogP contribution in [0.5, 0.6) is 0 Å². The summed E-state index contributed by atoms with van der Waals surface area (Å²) in [7, 11) is 0. The van der Waals surface area contributed by atoms with Gasteiger partial charge in [0.2, 0.25) is 17.6 Å². The first-order valence-corrected chi connectivity index (χ1v) is 9.41. The Morgan fingerprint density at radius 3 is 2.76 bits per heavy atom. The van der Waals surface area contributed by atoms with Gasteiger partial charge >= 0.3 is 0 Å². The van der Waals surface area contributed by atoms with Crippen LogP contribution in [0, 0.1) is 0 Å². The van der Waals surface area contributed by atoms with Gasteiger partial charge in [0.1, 0.15) is 0 Å². The molecular formula is C19H19N3O2S. The van der Waals surface area contributed by atoms with E-state index >= 15 is 0 Å². The first-order chi connectivity index (χ1) is 12.3. The number of carbonyl (C=O) groups excluding carboxylic acids is 1. The summed E-state index contributed by atoms with van der Waals surface area (Å²) in [6.45, 7) is 0. The SMILES string of the molecule is O=C(CCc1nc(-c2ccsc2)no1)NC1(c2ccccc2)CCC1. The van der Waals surface area contributed by atoms with Crippen molar-refractivity contribution in [3.63, 3.8) is 0 Å². The minimum atomic E-state index is -0.199. The van der Waals surface area contributed by atoms with Crippen molar-refractivity contribution in [1.29, 1.82) is 0 Å². The van der Waals surface area contributed by atoms with Crippen molar-refractivity contribution in [2.24, 2.45) is 0 Å². The third-order valence-electron chi connectivity index (χ3n) is 4.73. The Kier molecular flexibility index (Phi) is 4.36. The number of hydrogen-bond donors (Lipinski definition) is 1. The lowest BCUT2D eigenvalue weighted by Crippen LogP contribution is -2.50. The van der Waals surface area contributed by atoms with Gasteiger partial charge in [-0.15, -0.1) is 0 Å². The van der Waals surface area contributed by atoms with Gasteiger partial charge in [-0.2, -0.15) is 16.3 Å². The van der Waals surface area contributed by atoms with Crippen LogP contribution >= 0.6 is 11.3 Å². The van der Waals surface area contributed by atoms with Gasteiger partial charge < -0.3 is 9.84 Å². The van der Waals surface area contributed by atoms with E-state index in [1.54, 1.807) is 11.3 Å². The largest absolute Gasteiger partial charge is 0.347 e. The van der Waals surface area contributed by atoms with Gasteiger partial charge in [0.25, 0.3) is 0 Å². The fourth-order valence-corrected chi connectivity index (χ4v) is 3.82. The molecule has 25 heavy (non-hydrogen) atoms. The van der Waals surface area contributed by atoms with E-state index in [0.29, 0.717) is 24.6 Å². The molecule has 0 saturated heterocycles.